The first-order valence-electron chi connectivity index (χ1n) is 6.82. The van der Waals surface area contributed by atoms with Gasteiger partial charge in [-0.3, -0.25) is 0 Å². The van der Waals surface area contributed by atoms with Crippen LogP contribution in [-0.4, -0.2) is 46.2 Å². The number of methoxy groups -OCH3 is 1. The predicted octanol–water partition coefficient (Wildman–Crippen LogP) is 1.24. The lowest BCUT2D eigenvalue weighted by Gasteiger charge is -2.16. The van der Waals surface area contributed by atoms with Crippen molar-refractivity contribution in [1.29, 1.82) is 0 Å². The number of aryl methyl sites for hydroxylation is 1. The fourth-order valence-electron chi connectivity index (χ4n) is 2.20. The molecule has 3 heterocycles. The Morgan fingerprint density at radius 2 is 2.05 bits per heavy atom. The van der Waals surface area contributed by atoms with Gasteiger partial charge in [-0.2, -0.15) is 4.98 Å². The second-order valence-corrected chi connectivity index (χ2v) is 4.92. The lowest BCUT2D eigenvalue weighted by molar-refractivity contribution is 0.206. The summed E-state index contributed by atoms with van der Waals surface area (Å²) in [5.74, 6) is 1.22. The number of ether oxygens (including phenoxy) is 2. The van der Waals surface area contributed by atoms with Crippen LogP contribution in [0.15, 0.2) is 24.7 Å². The maximum atomic E-state index is 5.79. The van der Waals surface area contributed by atoms with E-state index in [-0.39, 0.29) is 6.10 Å². The number of nitrogens with zero attached hydrogens (tertiary/aromatic N) is 5. The van der Waals surface area contributed by atoms with Gasteiger partial charge in [-0.05, 0) is 12.5 Å². The first-order chi connectivity index (χ1) is 10.2. The third kappa shape index (κ3) is 3.18. The third-order valence-electron chi connectivity index (χ3n) is 3.28. The lowest BCUT2D eigenvalue weighted by atomic mass is 10.3. The standard InChI is InChI=1S/C14H17N5O2/c1-10-7-16-14(17-8-10)21-11-4-6-19(9-11)13-15-5-3-12(18-13)20-2/h3,5,7-8,11H,4,6,9H2,1-2H3. The van der Waals surface area contributed by atoms with Crippen LogP contribution in [0.1, 0.15) is 12.0 Å². The van der Waals surface area contributed by atoms with E-state index in [1.54, 1.807) is 31.8 Å². The molecule has 1 saturated heterocycles. The van der Waals surface area contributed by atoms with Crippen LogP contribution in [0, 0.1) is 6.92 Å². The van der Waals surface area contributed by atoms with Gasteiger partial charge in [0.2, 0.25) is 11.8 Å². The molecule has 0 aliphatic carbocycles. The summed E-state index contributed by atoms with van der Waals surface area (Å²) in [4.78, 5) is 19.0. The molecule has 1 unspecified atom stereocenters. The zero-order valence-corrected chi connectivity index (χ0v) is 12.1. The molecule has 2 aromatic rings. The average Bonchev–Trinajstić information content (AvgIpc) is 2.98. The van der Waals surface area contributed by atoms with E-state index >= 15 is 0 Å². The molecule has 0 aromatic carbocycles. The van der Waals surface area contributed by atoms with Crippen molar-refractivity contribution in [2.75, 3.05) is 25.1 Å². The molecular weight excluding hydrogens is 270 g/mol. The van der Waals surface area contributed by atoms with E-state index in [0.717, 1.165) is 18.5 Å². The van der Waals surface area contributed by atoms with E-state index in [0.29, 0.717) is 24.4 Å². The van der Waals surface area contributed by atoms with Gasteiger partial charge in [0, 0.05) is 37.6 Å². The Morgan fingerprint density at radius 3 is 2.81 bits per heavy atom. The largest absolute Gasteiger partial charge is 0.481 e. The maximum absolute atomic E-state index is 5.79. The van der Waals surface area contributed by atoms with Gasteiger partial charge in [-0.15, -0.1) is 0 Å². The van der Waals surface area contributed by atoms with Crippen LogP contribution in [0.3, 0.4) is 0 Å². The van der Waals surface area contributed by atoms with Gasteiger partial charge in [-0.1, -0.05) is 0 Å². The van der Waals surface area contributed by atoms with Crippen molar-refractivity contribution in [2.45, 2.75) is 19.4 Å². The monoisotopic (exact) mass is 287 g/mol. The second-order valence-electron chi connectivity index (χ2n) is 4.92. The van der Waals surface area contributed by atoms with E-state index in [2.05, 4.69) is 24.8 Å². The highest BCUT2D eigenvalue weighted by atomic mass is 16.5. The minimum atomic E-state index is 0.0440. The van der Waals surface area contributed by atoms with Crippen LogP contribution in [-0.2, 0) is 0 Å². The van der Waals surface area contributed by atoms with Gasteiger partial charge >= 0.3 is 6.01 Å². The molecule has 110 valence electrons. The van der Waals surface area contributed by atoms with Crippen LogP contribution in [0.2, 0.25) is 0 Å². The highest BCUT2D eigenvalue weighted by Crippen LogP contribution is 2.20. The molecule has 1 atom stereocenters. The predicted molar refractivity (Wildman–Crippen MR) is 76.6 cm³/mol. The Morgan fingerprint density at radius 1 is 1.24 bits per heavy atom. The molecule has 7 nitrogen and oxygen atoms in total. The van der Waals surface area contributed by atoms with Gasteiger partial charge in [0.05, 0.1) is 13.7 Å². The molecule has 1 aliphatic heterocycles. The van der Waals surface area contributed by atoms with Gasteiger partial charge in [0.1, 0.15) is 6.10 Å². The Bertz CT molecular complexity index is 605. The molecule has 7 heteroatoms. The van der Waals surface area contributed by atoms with E-state index in [1.165, 1.54) is 0 Å². The van der Waals surface area contributed by atoms with Crippen molar-refractivity contribution in [3.63, 3.8) is 0 Å². The molecule has 2 aromatic heterocycles. The van der Waals surface area contributed by atoms with Crippen LogP contribution < -0.4 is 14.4 Å². The fraction of sp³-hybridized carbons (Fsp3) is 0.429. The summed E-state index contributed by atoms with van der Waals surface area (Å²) >= 11 is 0. The van der Waals surface area contributed by atoms with Crippen molar-refractivity contribution in [3.8, 4) is 11.9 Å². The van der Waals surface area contributed by atoms with Crippen molar-refractivity contribution < 1.29 is 9.47 Å². The Balaban J connectivity index is 1.63. The second kappa shape index (κ2) is 5.90. The summed E-state index contributed by atoms with van der Waals surface area (Å²) in [5, 5.41) is 0. The summed E-state index contributed by atoms with van der Waals surface area (Å²) in [7, 11) is 1.59. The number of aromatic nitrogens is 4. The van der Waals surface area contributed by atoms with Crippen LogP contribution in [0.25, 0.3) is 0 Å². The molecule has 0 radical (unpaired) electrons. The molecule has 21 heavy (non-hydrogen) atoms. The average molecular weight is 287 g/mol. The maximum Gasteiger partial charge on any atom is 0.316 e. The summed E-state index contributed by atoms with van der Waals surface area (Å²) in [5.41, 5.74) is 1.01. The van der Waals surface area contributed by atoms with Crippen molar-refractivity contribution in [1.82, 2.24) is 19.9 Å². The van der Waals surface area contributed by atoms with Gasteiger partial charge < -0.3 is 14.4 Å². The lowest BCUT2D eigenvalue weighted by Crippen LogP contribution is -2.26. The fourth-order valence-corrected chi connectivity index (χ4v) is 2.20. The molecule has 3 rings (SSSR count). The first-order valence-corrected chi connectivity index (χ1v) is 6.82. The third-order valence-corrected chi connectivity index (χ3v) is 3.28. The minimum Gasteiger partial charge on any atom is -0.481 e. The Kier molecular flexibility index (Phi) is 3.81. The Hall–Kier alpha value is -2.44. The van der Waals surface area contributed by atoms with E-state index in [4.69, 9.17) is 9.47 Å². The number of hydrogen-bond acceptors (Lipinski definition) is 7. The Labute approximate surface area is 123 Å². The molecule has 0 saturated carbocycles. The van der Waals surface area contributed by atoms with Crippen LogP contribution in [0.4, 0.5) is 5.95 Å². The van der Waals surface area contributed by atoms with Gasteiger partial charge in [0.15, 0.2) is 0 Å². The molecular formula is C14H17N5O2. The highest BCUT2D eigenvalue weighted by molar-refractivity contribution is 5.34. The SMILES string of the molecule is COc1ccnc(N2CCC(Oc3ncc(C)cn3)C2)n1. The van der Waals surface area contributed by atoms with E-state index < -0.39 is 0 Å². The molecule has 0 bridgehead atoms. The van der Waals surface area contributed by atoms with Gasteiger partial charge in [-0.25, -0.2) is 15.0 Å². The smallest absolute Gasteiger partial charge is 0.316 e. The highest BCUT2D eigenvalue weighted by Gasteiger charge is 2.26. The number of hydrogen-bond donors (Lipinski definition) is 0. The van der Waals surface area contributed by atoms with Crippen molar-refractivity contribution in [2.24, 2.45) is 0 Å². The molecule has 1 fully saturated rings. The van der Waals surface area contributed by atoms with Crippen molar-refractivity contribution in [3.05, 3.63) is 30.2 Å². The topological polar surface area (TPSA) is 73.3 Å². The zero-order valence-electron chi connectivity index (χ0n) is 12.1. The van der Waals surface area contributed by atoms with Crippen molar-refractivity contribution >= 4 is 5.95 Å². The minimum absolute atomic E-state index is 0.0440. The van der Waals surface area contributed by atoms with E-state index in [1.807, 2.05) is 6.92 Å². The van der Waals surface area contributed by atoms with Crippen LogP contribution in [0.5, 0.6) is 11.9 Å². The quantitative estimate of drug-likeness (QED) is 0.837. The summed E-state index contributed by atoms with van der Waals surface area (Å²) in [6, 6.07) is 2.15. The molecule has 0 N–H and O–H groups in total. The first kappa shape index (κ1) is 13.5. The van der Waals surface area contributed by atoms with E-state index in [9.17, 15) is 0 Å². The molecule has 1 aliphatic rings. The normalized spacial score (nSPS) is 17.8. The zero-order chi connectivity index (χ0) is 14.7. The number of anilines is 1. The molecule has 0 spiro atoms. The summed E-state index contributed by atoms with van der Waals surface area (Å²) < 4.78 is 10.9. The number of rotatable bonds is 4. The molecule has 0 amide bonds. The summed E-state index contributed by atoms with van der Waals surface area (Å²) in [6.45, 7) is 3.50. The summed E-state index contributed by atoms with van der Waals surface area (Å²) in [6.07, 6.45) is 6.12. The van der Waals surface area contributed by atoms with Crippen LogP contribution >= 0.6 is 0 Å². The van der Waals surface area contributed by atoms with Gasteiger partial charge in [0.25, 0.3) is 0 Å².